The van der Waals surface area contributed by atoms with Gasteiger partial charge in [-0.3, -0.25) is 9.40 Å². The van der Waals surface area contributed by atoms with Crippen molar-refractivity contribution >= 4 is 44.3 Å². The molecule has 154 valence electrons. The Morgan fingerprint density at radius 2 is 1.73 bits per heavy atom. The van der Waals surface area contributed by atoms with Crippen LogP contribution in [-0.4, -0.2) is 28.2 Å². The summed E-state index contributed by atoms with van der Waals surface area (Å²) in [6.07, 6.45) is 1.76. The van der Waals surface area contributed by atoms with Crippen LogP contribution in [0.1, 0.15) is 11.3 Å². The van der Waals surface area contributed by atoms with Gasteiger partial charge in [0.05, 0.1) is 22.1 Å². The molecule has 0 atom stereocenters. The topological polar surface area (TPSA) is 102 Å². The van der Waals surface area contributed by atoms with Crippen LogP contribution in [0.15, 0.2) is 59.6 Å². The lowest BCUT2D eigenvalue weighted by Gasteiger charge is -2.14. The van der Waals surface area contributed by atoms with E-state index in [1.54, 1.807) is 29.1 Å². The van der Waals surface area contributed by atoms with Crippen LogP contribution in [0.25, 0.3) is 11.0 Å². The molecular formula is C20H19ClN6O2S. The van der Waals surface area contributed by atoms with Crippen molar-refractivity contribution in [2.75, 3.05) is 10.0 Å². The number of nitrogens with one attached hydrogen (secondary N) is 2. The summed E-state index contributed by atoms with van der Waals surface area (Å²) in [6.45, 7) is 2.37. The van der Waals surface area contributed by atoms with Crippen molar-refractivity contribution in [2.24, 2.45) is 7.05 Å². The second-order valence-corrected chi connectivity index (χ2v) is 8.82. The minimum absolute atomic E-state index is 0.0408. The minimum Gasteiger partial charge on any atom is -0.363 e. The molecule has 4 aromatic rings. The third-order valence-electron chi connectivity index (χ3n) is 4.69. The van der Waals surface area contributed by atoms with Gasteiger partial charge in [-0.2, -0.15) is 5.10 Å². The molecule has 0 amide bonds. The van der Waals surface area contributed by atoms with E-state index < -0.39 is 10.0 Å². The molecule has 2 N–H and O–H groups in total. The Morgan fingerprint density at radius 3 is 2.37 bits per heavy atom. The van der Waals surface area contributed by atoms with E-state index in [9.17, 15) is 8.42 Å². The number of nitrogens with zero attached hydrogens (tertiary/aromatic N) is 4. The van der Waals surface area contributed by atoms with Crippen LogP contribution >= 0.6 is 11.6 Å². The molecule has 0 aliphatic heterocycles. The zero-order valence-corrected chi connectivity index (χ0v) is 17.9. The van der Waals surface area contributed by atoms with Gasteiger partial charge in [0.25, 0.3) is 10.0 Å². The summed E-state index contributed by atoms with van der Waals surface area (Å²) in [5, 5.41) is 7.73. The molecule has 2 heterocycles. The van der Waals surface area contributed by atoms with Gasteiger partial charge in [-0.25, -0.2) is 18.4 Å². The maximum atomic E-state index is 12.9. The predicted molar refractivity (Wildman–Crippen MR) is 117 cm³/mol. The van der Waals surface area contributed by atoms with Crippen LogP contribution < -0.4 is 10.0 Å². The lowest BCUT2D eigenvalue weighted by molar-refractivity contribution is 0.601. The van der Waals surface area contributed by atoms with Crippen LogP contribution in [-0.2, 0) is 23.6 Å². The maximum Gasteiger partial charge on any atom is 0.263 e. The van der Waals surface area contributed by atoms with E-state index in [4.69, 9.17) is 11.6 Å². The quantitative estimate of drug-likeness (QED) is 0.471. The monoisotopic (exact) mass is 442 g/mol. The molecule has 0 saturated carbocycles. The van der Waals surface area contributed by atoms with Crippen molar-refractivity contribution in [3.05, 3.63) is 71.0 Å². The van der Waals surface area contributed by atoms with Crippen LogP contribution in [0.4, 0.5) is 11.6 Å². The van der Waals surface area contributed by atoms with E-state index >= 15 is 0 Å². The third-order valence-corrected chi connectivity index (χ3v) is 6.26. The molecular weight excluding hydrogens is 424 g/mol. The number of aromatic nitrogens is 4. The van der Waals surface area contributed by atoms with Crippen molar-refractivity contribution in [1.29, 1.82) is 0 Å². The van der Waals surface area contributed by atoms with E-state index in [2.05, 4.69) is 25.1 Å². The standard InChI is InChI=1S/C20H19ClN6O2S/c1-13-14(12-23-27(13)2)11-22-19-20(25-18-9-4-3-8-17(18)24-19)26-30(28,29)16-7-5-6-15(21)10-16/h3-10,12H,11H2,1-2H3,(H,22,24)(H,25,26). The van der Waals surface area contributed by atoms with Crippen LogP contribution in [0, 0.1) is 6.92 Å². The third kappa shape index (κ3) is 4.07. The number of halogens is 1. The number of aryl methyl sites for hydroxylation is 1. The first kappa shape index (κ1) is 20.1. The molecule has 8 nitrogen and oxygen atoms in total. The van der Waals surface area contributed by atoms with Gasteiger partial charge in [-0.1, -0.05) is 29.8 Å². The fourth-order valence-corrected chi connectivity index (χ4v) is 4.22. The predicted octanol–water partition coefficient (Wildman–Crippen LogP) is 3.74. The van der Waals surface area contributed by atoms with Crippen molar-refractivity contribution in [3.63, 3.8) is 0 Å². The van der Waals surface area contributed by atoms with Gasteiger partial charge in [-0.05, 0) is 37.3 Å². The lowest BCUT2D eigenvalue weighted by Crippen LogP contribution is -2.16. The second kappa shape index (κ2) is 7.92. The molecule has 4 rings (SSSR count). The molecule has 2 aromatic heterocycles. The first-order valence-electron chi connectivity index (χ1n) is 9.10. The highest BCUT2D eigenvalue weighted by Gasteiger charge is 2.19. The Balaban J connectivity index is 1.71. The normalized spacial score (nSPS) is 11.6. The molecule has 2 aromatic carbocycles. The summed E-state index contributed by atoms with van der Waals surface area (Å²) in [5.74, 6) is 0.428. The summed E-state index contributed by atoms with van der Waals surface area (Å²) in [6, 6.07) is 13.3. The summed E-state index contributed by atoms with van der Waals surface area (Å²) >= 11 is 5.96. The number of hydrogen-bond acceptors (Lipinski definition) is 6. The van der Waals surface area contributed by atoms with Crippen LogP contribution in [0.2, 0.25) is 5.02 Å². The maximum absolute atomic E-state index is 12.9. The minimum atomic E-state index is -3.91. The first-order chi connectivity index (χ1) is 14.3. The van der Waals surface area contributed by atoms with Gasteiger partial charge < -0.3 is 5.32 Å². The molecule has 0 fully saturated rings. The van der Waals surface area contributed by atoms with Gasteiger partial charge in [0.1, 0.15) is 0 Å². The number of sulfonamides is 1. The Labute approximate surface area is 179 Å². The molecule has 0 unspecified atom stereocenters. The lowest BCUT2D eigenvalue weighted by atomic mass is 10.2. The van der Waals surface area contributed by atoms with E-state index in [1.807, 2.05) is 32.2 Å². The molecule has 0 saturated heterocycles. The average molecular weight is 443 g/mol. The highest BCUT2D eigenvalue weighted by molar-refractivity contribution is 7.92. The Kier molecular flexibility index (Phi) is 5.31. The molecule has 0 aliphatic rings. The van der Waals surface area contributed by atoms with E-state index in [-0.39, 0.29) is 10.7 Å². The summed E-state index contributed by atoms with van der Waals surface area (Å²) in [4.78, 5) is 9.09. The van der Waals surface area contributed by atoms with Crippen molar-refractivity contribution in [1.82, 2.24) is 19.7 Å². The number of rotatable bonds is 6. The number of benzene rings is 2. The summed E-state index contributed by atoms with van der Waals surface area (Å²) < 4.78 is 30.1. The van der Waals surface area contributed by atoms with Gasteiger partial charge in [0.2, 0.25) is 0 Å². The molecule has 30 heavy (non-hydrogen) atoms. The summed E-state index contributed by atoms with van der Waals surface area (Å²) in [7, 11) is -2.05. The smallest absolute Gasteiger partial charge is 0.263 e. The van der Waals surface area contributed by atoms with Gasteiger partial charge in [-0.15, -0.1) is 0 Å². The van der Waals surface area contributed by atoms with E-state index in [0.717, 1.165) is 11.3 Å². The van der Waals surface area contributed by atoms with E-state index in [0.29, 0.717) is 28.4 Å². The van der Waals surface area contributed by atoms with Gasteiger partial charge in [0, 0.05) is 29.9 Å². The molecule has 0 aliphatic carbocycles. The molecule has 0 spiro atoms. The van der Waals surface area contributed by atoms with Gasteiger partial charge in [0.15, 0.2) is 11.6 Å². The number of hydrogen-bond donors (Lipinski definition) is 2. The Morgan fingerprint density at radius 1 is 1.03 bits per heavy atom. The number of para-hydroxylation sites is 2. The fourth-order valence-electron chi connectivity index (χ4n) is 2.91. The number of anilines is 2. The number of fused-ring (bicyclic) bond motifs is 1. The highest BCUT2D eigenvalue weighted by atomic mass is 35.5. The first-order valence-corrected chi connectivity index (χ1v) is 11.0. The van der Waals surface area contributed by atoms with Crippen molar-refractivity contribution < 1.29 is 8.42 Å². The second-order valence-electron chi connectivity index (χ2n) is 6.70. The van der Waals surface area contributed by atoms with Crippen molar-refractivity contribution in [2.45, 2.75) is 18.4 Å². The Hall–Kier alpha value is -3.17. The van der Waals surface area contributed by atoms with Crippen molar-refractivity contribution in [3.8, 4) is 0 Å². The molecule has 10 heteroatoms. The molecule has 0 bridgehead atoms. The highest BCUT2D eigenvalue weighted by Crippen LogP contribution is 2.26. The zero-order chi connectivity index (χ0) is 21.3. The average Bonchev–Trinajstić information content (AvgIpc) is 3.04. The largest absolute Gasteiger partial charge is 0.363 e. The van der Waals surface area contributed by atoms with Gasteiger partial charge >= 0.3 is 0 Å². The Bertz CT molecular complexity index is 1340. The molecule has 0 radical (unpaired) electrons. The van der Waals surface area contributed by atoms with E-state index in [1.165, 1.54) is 12.1 Å². The fraction of sp³-hybridized carbons (Fsp3) is 0.150. The van der Waals surface area contributed by atoms with Crippen LogP contribution in [0.5, 0.6) is 0 Å². The SMILES string of the molecule is Cc1c(CNc2nc3ccccc3nc2NS(=O)(=O)c2cccc(Cl)c2)cnn1C. The zero-order valence-electron chi connectivity index (χ0n) is 16.3. The van der Waals surface area contributed by atoms with Crippen LogP contribution in [0.3, 0.4) is 0 Å². The summed E-state index contributed by atoms with van der Waals surface area (Å²) in [5.41, 5.74) is 3.19.